The number of halogens is 1. The largest absolute Gasteiger partial charge is 0.477 e. The van der Waals surface area contributed by atoms with E-state index in [4.69, 9.17) is 16.7 Å². The first-order valence-electron chi connectivity index (χ1n) is 3.82. The van der Waals surface area contributed by atoms with Gasteiger partial charge >= 0.3 is 5.97 Å². The second-order valence-electron chi connectivity index (χ2n) is 2.70. The van der Waals surface area contributed by atoms with E-state index in [1.54, 1.807) is 12.1 Å². The normalized spacial score (nSPS) is 10.4. The van der Waals surface area contributed by atoms with Gasteiger partial charge in [0.15, 0.2) is 11.3 Å². The molecular weight excluding hydrogens is 204 g/mol. The topological polar surface area (TPSA) is 63.1 Å². The highest BCUT2D eigenvalue weighted by atomic mass is 35.5. The molecule has 4 nitrogen and oxygen atoms in total. The lowest BCUT2D eigenvalue weighted by Crippen LogP contribution is -2.00. The smallest absolute Gasteiger partial charge is 0.354 e. The van der Waals surface area contributed by atoms with Gasteiger partial charge in [-0.2, -0.15) is 0 Å². The molecule has 0 amide bonds. The summed E-state index contributed by atoms with van der Waals surface area (Å²) in [4.78, 5) is 18.4. The van der Waals surface area contributed by atoms with E-state index in [1.165, 1.54) is 12.3 Å². The van der Waals surface area contributed by atoms with Crippen LogP contribution in [0.15, 0.2) is 24.4 Å². The van der Waals surface area contributed by atoms with Crippen LogP contribution < -0.4 is 0 Å². The summed E-state index contributed by atoms with van der Waals surface area (Å²) in [5.74, 6) is -1.07. The Morgan fingerprint density at radius 3 is 2.93 bits per heavy atom. The van der Waals surface area contributed by atoms with Crippen LogP contribution in [0.5, 0.6) is 0 Å². The third-order valence-corrected chi connectivity index (χ3v) is 1.93. The molecule has 0 aliphatic carbocycles. The summed E-state index contributed by atoms with van der Waals surface area (Å²) in [6.45, 7) is 0. The van der Waals surface area contributed by atoms with Crippen LogP contribution in [-0.2, 0) is 0 Å². The lowest BCUT2D eigenvalue weighted by Gasteiger charge is -1.98. The van der Waals surface area contributed by atoms with Gasteiger partial charge in [-0.05, 0) is 18.2 Å². The molecule has 0 saturated heterocycles. The van der Waals surface area contributed by atoms with Crippen molar-refractivity contribution in [2.75, 3.05) is 0 Å². The molecule has 2 rings (SSSR count). The van der Waals surface area contributed by atoms with Gasteiger partial charge in [0, 0.05) is 11.6 Å². The van der Waals surface area contributed by atoms with Crippen LogP contribution in [0.3, 0.4) is 0 Å². The molecule has 70 valence electrons. The number of hydrogen-bond donors (Lipinski definition) is 1. The zero-order valence-corrected chi connectivity index (χ0v) is 7.69. The molecule has 2 aromatic rings. The highest BCUT2D eigenvalue weighted by Gasteiger charge is 2.05. The Labute approximate surface area is 84.2 Å². The van der Waals surface area contributed by atoms with Crippen molar-refractivity contribution in [2.45, 2.75) is 0 Å². The second-order valence-corrected chi connectivity index (χ2v) is 3.14. The SMILES string of the molecule is O=C(O)c1ccc2cc(Cl)cnc2n1. The fourth-order valence-electron chi connectivity index (χ4n) is 1.10. The van der Waals surface area contributed by atoms with E-state index < -0.39 is 5.97 Å². The van der Waals surface area contributed by atoms with E-state index in [1.807, 2.05) is 0 Å². The van der Waals surface area contributed by atoms with E-state index in [9.17, 15) is 4.79 Å². The van der Waals surface area contributed by atoms with Crippen LogP contribution >= 0.6 is 11.6 Å². The zero-order valence-electron chi connectivity index (χ0n) is 6.94. The maximum Gasteiger partial charge on any atom is 0.354 e. The molecule has 0 unspecified atom stereocenters. The predicted molar refractivity (Wildman–Crippen MR) is 51.5 cm³/mol. The minimum atomic E-state index is -1.07. The lowest BCUT2D eigenvalue weighted by molar-refractivity contribution is 0.0691. The Morgan fingerprint density at radius 2 is 2.21 bits per heavy atom. The van der Waals surface area contributed by atoms with Crippen LogP contribution in [-0.4, -0.2) is 21.0 Å². The van der Waals surface area contributed by atoms with Gasteiger partial charge in [-0.3, -0.25) is 0 Å². The van der Waals surface area contributed by atoms with E-state index >= 15 is 0 Å². The predicted octanol–water partition coefficient (Wildman–Crippen LogP) is 1.98. The standard InChI is InChI=1S/C9H5ClN2O2/c10-6-3-5-1-2-7(9(13)14)12-8(5)11-4-6/h1-4H,(H,13,14). The number of aromatic nitrogens is 2. The number of hydrogen-bond acceptors (Lipinski definition) is 3. The van der Waals surface area contributed by atoms with Crippen LogP contribution in [0.1, 0.15) is 10.5 Å². The van der Waals surface area contributed by atoms with Crippen LogP contribution in [0.25, 0.3) is 11.0 Å². The van der Waals surface area contributed by atoms with Gasteiger partial charge in [0.05, 0.1) is 5.02 Å². The van der Waals surface area contributed by atoms with E-state index in [2.05, 4.69) is 9.97 Å². The van der Waals surface area contributed by atoms with Gasteiger partial charge in [0.1, 0.15) is 0 Å². The van der Waals surface area contributed by atoms with E-state index in [0.29, 0.717) is 10.7 Å². The average molecular weight is 209 g/mol. The molecule has 2 aromatic heterocycles. The molecule has 0 radical (unpaired) electrons. The number of carboxylic acids is 1. The van der Waals surface area contributed by atoms with Crippen LogP contribution in [0, 0.1) is 0 Å². The molecule has 0 spiro atoms. The molecular formula is C9H5ClN2O2. The van der Waals surface area contributed by atoms with Crippen molar-refractivity contribution >= 4 is 28.6 Å². The summed E-state index contributed by atoms with van der Waals surface area (Å²) in [6.07, 6.45) is 1.43. The molecule has 0 bridgehead atoms. The van der Waals surface area contributed by atoms with Crippen molar-refractivity contribution in [3.8, 4) is 0 Å². The highest BCUT2D eigenvalue weighted by molar-refractivity contribution is 6.31. The number of carboxylic acid groups (broad SMARTS) is 1. The average Bonchev–Trinajstić information content (AvgIpc) is 2.16. The number of pyridine rings is 2. The van der Waals surface area contributed by atoms with Crippen molar-refractivity contribution in [2.24, 2.45) is 0 Å². The third kappa shape index (κ3) is 1.52. The fraction of sp³-hybridized carbons (Fsp3) is 0. The number of aromatic carboxylic acids is 1. The van der Waals surface area contributed by atoms with Crippen molar-refractivity contribution < 1.29 is 9.90 Å². The monoisotopic (exact) mass is 208 g/mol. The Balaban J connectivity index is 2.67. The van der Waals surface area contributed by atoms with Gasteiger partial charge in [-0.25, -0.2) is 14.8 Å². The van der Waals surface area contributed by atoms with Gasteiger partial charge in [0.25, 0.3) is 0 Å². The van der Waals surface area contributed by atoms with Gasteiger partial charge in [-0.15, -0.1) is 0 Å². The molecule has 0 saturated carbocycles. The maximum absolute atomic E-state index is 10.6. The minimum Gasteiger partial charge on any atom is -0.477 e. The number of fused-ring (bicyclic) bond motifs is 1. The second kappa shape index (κ2) is 3.23. The fourth-order valence-corrected chi connectivity index (χ4v) is 1.27. The molecule has 5 heteroatoms. The van der Waals surface area contributed by atoms with Gasteiger partial charge in [-0.1, -0.05) is 11.6 Å². The summed E-state index contributed by atoms with van der Waals surface area (Å²) >= 11 is 5.71. The van der Waals surface area contributed by atoms with E-state index in [0.717, 1.165) is 5.39 Å². The number of carbonyl (C=O) groups is 1. The first-order chi connectivity index (χ1) is 6.66. The summed E-state index contributed by atoms with van der Waals surface area (Å²) in [5, 5.41) is 9.91. The first kappa shape index (κ1) is 8.90. The first-order valence-corrected chi connectivity index (χ1v) is 4.20. The molecule has 0 aromatic carbocycles. The van der Waals surface area contributed by atoms with Crippen molar-refractivity contribution in [1.82, 2.24) is 9.97 Å². The van der Waals surface area contributed by atoms with Crippen LogP contribution in [0.4, 0.5) is 0 Å². The molecule has 1 N–H and O–H groups in total. The Morgan fingerprint density at radius 1 is 1.43 bits per heavy atom. The molecule has 14 heavy (non-hydrogen) atoms. The zero-order chi connectivity index (χ0) is 10.1. The van der Waals surface area contributed by atoms with E-state index in [-0.39, 0.29) is 5.69 Å². The Bertz CT molecular complexity index is 513. The molecule has 0 atom stereocenters. The number of nitrogens with zero attached hydrogens (tertiary/aromatic N) is 2. The third-order valence-electron chi connectivity index (χ3n) is 1.73. The van der Waals surface area contributed by atoms with Crippen molar-refractivity contribution in [3.05, 3.63) is 35.1 Å². The lowest BCUT2D eigenvalue weighted by atomic mass is 10.2. The van der Waals surface area contributed by atoms with Gasteiger partial charge in [0.2, 0.25) is 0 Å². The van der Waals surface area contributed by atoms with Gasteiger partial charge < -0.3 is 5.11 Å². The summed E-state index contributed by atoms with van der Waals surface area (Å²) < 4.78 is 0. The van der Waals surface area contributed by atoms with Crippen molar-refractivity contribution in [1.29, 1.82) is 0 Å². The minimum absolute atomic E-state index is 0.0210. The molecule has 2 heterocycles. The molecule has 0 fully saturated rings. The van der Waals surface area contributed by atoms with Crippen LogP contribution in [0.2, 0.25) is 5.02 Å². The summed E-state index contributed by atoms with van der Waals surface area (Å²) in [5.41, 5.74) is 0.363. The Kier molecular flexibility index (Phi) is 2.05. The summed E-state index contributed by atoms with van der Waals surface area (Å²) in [7, 11) is 0. The highest BCUT2D eigenvalue weighted by Crippen LogP contribution is 2.15. The molecule has 0 aliphatic heterocycles. The number of rotatable bonds is 1. The molecule has 0 aliphatic rings. The Hall–Kier alpha value is -1.68. The maximum atomic E-state index is 10.6. The quantitative estimate of drug-likeness (QED) is 0.779. The summed E-state index contributed by atoms with van der Waals surface area (Å²) in [6, 6.07) is 4.73. The van der Waals surface area contributed by atoms with Crippen molar-refractivity contribution in [3.63, 3.8) is 0 Å².